The number of nitrogens with two attached hydrogens (primary N) is 1. The first-order valence-electron chi connectivity index (χ1n) is 6.61. The van der Waals surface area contributed by atoms with E-state index in [0.717, 1.165) is 22.8 Å². The molecule has 0 aliphatic carbocycles. The molecular weight excluding hydrogens is 294 g/mol. The van der Waals surface area contributed by atoms with Crippen LogP contribution in [-0.2, 0) is 12.2 Å². The SMILES string of the molecule is CCC(CN)Cc1nc(CSc2cccc(Cl)c2)no1. The van der Waals surface area contributed by atoms with E-state index in [1.807, 2.05) is 24.3 Å². The van der Waals surface area contributed by atoms with Crippen LogP contribution in [0.2, 0.25) is 5.02 Å². The number of halogens is 1. The zero-order valence-corrected chi connectivity index (χ0v) is 13.0. The Labute approximate surface area is 128 Å². The number of aromatic nitrogens is 2. The summed E-state index contributed by atoms with van der Waals surface area (Å²) < 4.78 is 5.25. The standard InChI is InChI=1S/C14H18ClN3OS/c1-2-10(8-16)6-14-17-13(18-19-14)9-20-12-5-3-4-11(15)7-12/h3-5,7,10H,2,6,8-9,16H2,1H3. The Kier molecular flexibility index (Phi) is 5.88. The molecule has 0 saturated heterocycles. The lowest BCUT2D eigenvalue weighted by molar-refractivity contribution is 0.348. The molecule has 108 valence electrons. The summed E-state index contributed by atoms with van der Waals surface area (Å²) in [6.45, 7) is 2.76. The highest BCUT2D eigenvalue weighted by atomic mass is 35.5. The average molecular weight is 312 g/mol. The van der Waals surface area contributed by atoms with Crippen molar-refractivity contribution in [3.8, 4) is 0 Å². The maximum atomic E-state index is 5.94. The van der Waals surface area contributed by atoms with Crippen LogP contribution in [0, 0.1) is 5.92 Å². The maximum Gasteiger partial charge on any atom is 0.226 e. The van der Waals surface area contributed by atoms with E-state index in [-0.39, 0.29) is 0 Å². The molecule has 0 amide bonds. The topological polar surface area (TPSA) is 64.9 Å². The van der Waals surface area contributed by atoms with Gasteiger partial charge >= 0.3 is 0 Å². The molecule has 0 spiro atoms. The smallest absolute Gasteiger partial charge is 0.226 e. The molecule has 2 rings (SSSR count). The van der Waals surface area contributed by atoms with Gasteiger partial charge < -0.3 is 10.3 Å². The lowest BCUT2D eigenvalue weighted by Crippen LogP contribution is -2.16. The molecule has 0 radical (unpaired) electrons. The number of hydrogen-bond donors (Lipinski definition) is 1. The van der Waals surface area contributed by atoms with Crippen LogP contribution in [0.25, 0.3) is 0 Å². The fraction of sp³-hybridized carbons (Fsp3) is 0.429. The molecule has 1 heterocycles. The summed E-state index contributed by atoms with van der Waals surface area (Å²) in [4.78, 5) is 5.49. The number of benzene rings is 1. The summed E-state index contributed by atoms with van der Waals surface area (Å²) in [7, 11) is 0. The molecule has 2 N–H and O–H groups in total. The van der Waals surface area contributed by atoms with Crippen molar-refractivity contribution < 1.29 is 4.52 Å². The van der Waals surface area contributed by atoms with Gasteiger partial charge in [-0.2, -0.15) is 4.98 Å². The third-order valence-corrected chi connectivity index (χ3v) is 4.27. The minimum absolute atomic E-state index is 0.406. The minimum Gasteiger partial charge on any atom is -0.339 e. The number of rotatable bonds is 7. The second-order valence-corrected chi connectivity index (χ2v) is 6.05. The van der Waals surface area contributed by atoms with Crippen LogP contribution in [0.15, 0.2) is 33.7 Å². The Morgan fingerprint density at radius 3 is 3.00 bits per heavy atom. The van der Waals surface area contributed by atoms with Crippen LogP contribution in [0.5, 0.6) is 0 Å². The Morgan fingerprint density at radius 1 is 1.45 bits per heavy atom. The Balaban J connectivity index is 1.89. The average Bonchev–Trinajstić information content (AvgIpc) is 2.90. The largest absolute Gasteiger partial charge is 0.339 e. The highest BCUT2D eigenvalue weighted by molar-refractivity contribution is 7.98. The van der Waals surface area contributed by atoms with Crippen molar-refractivity contribution in [3.63, 3.8) is 0 Å². The van der Waals surface area contributed by atoms with E-state index in [1.165, 1.54) is 0 Å². The highest BCUT2D eigenvalue weighted by Gasteiger charge is 2.12. The molecule has 1 aromatic heterocycles. The van der Waals surface area contributed by atoms with E-state index in [1.54, 1.807) is 11.8 Å². The number of nitrogens with zero attached hydrogens (tertiary/aromatic N) is 2. The molecule has 0 aliphatic heterocycles. The second-order valence-electron chi connectivity index (χ2n) is 4.56. The van der Waals surface area contributed by atoms with Gasteiger partial charge in [0.2, 0.25) is 5.89 Å². The fourth-order valence-corrected chi connectivity index (χ4v) is 2.83. The first-order chi connectivity index (χ1) is 9.71. The Morgan fingerprint density at radius 2 is 2.30 bits per heavy atom. The summed E-state index contributed by atoms with van der Waals surface area (Å²) in [6.07, 6.45) is 1.77. The minimum atomic E-state index is 0.406. The van der Waals surface area contributed by atoms with E-state index in [0.29, 0.717) is 29.9 Å². The predicted molar refractivity (Wildman–Crippen MR) is 81.9 cm³/mol. The van der Waals surface area contributed by atoms with Crippen LogP contribution in [0.1, 0.15) is 25.1 Å². The first-order valence-corrected chi connectivity index (χ1v) is 7.97. The van der Waals surface area contributed by atoms with Crippen LogP contribution >= 0.6 is 23.4 Å². The van der Waals surface area contributed by atoms with Gasteiger partial charge in [0, 0.05) is 16.3 Å². The molecule has 0 saturated carbocycles. The van der Waals surface area contributed by atoms with E-state index < -0.39 is 0 Å². The van der Waals surface area contributed by atoms with Gasteiger partial charge in [0.1, 0.15) is 0 Å². The number of thioether (sulfide) groups is 1. The summed E-state index contributed by atoms with van der Waals surface area (Å²) in [5.74, 6) is 2.45. The third-order valence-electron chi connectivity index (χ3n) is 3.05. The summed E-state index contributed by atoms with van der Waals surface area (Å²) in [6, 6.07) is 7.73. The lowest BCUT2D eigenvalue weighted by Gasteiger charge is -2.07. The van der Waals surface area contributed by atoms with Crippen LogP contribution < -0.4 is 5.73 Å². The Hall–Kier alpha value is -1.04. The predicted octanol–water partition coefficient (Wildman–Crippen LogP) is 3.54. The van der Waals surface area contributed by atoms with Crippen molar-refractivity contribution in [1.29, 1.82) is 0 Å². The molecule has 2 aromatic rings. The highest BCUT2D eigenvalue weighted by Crippen LogP contribution is 2.24. The van der Waals surface area contributed by atoms with Gasteiger partial charge in [0.25, 0.3) is 0 Å². The van der Waals surface area contributed by atoms with E-state index >= 15 is 0 Å². The normalized spacial score (nSPS) is 12.6. The van der Waals surface area contributed by atoms with Gasteiger partial charge in [-0.3, -0.25) is 0 Å². The Bertz CT molecular complexity index is 543. The van der Waals surface area contributed by atoms with Gasteiger partial charge in [0.05, 0.1) is 5.75 Å². The molecule has 0 aliphatic rings. The van der Waals surface area contributed by atoms with Gasteiger partial charge in [-0.25, -0.2) is 0 Å². The van der Waals surface area contributed by atoms with Crippen molar-refractivity contribution in [3.05, 3.63) is 41.0 Å². The second kappa shape index (κ2) is 7.67. The van der Waals surface area contributed by atoms with Crippen molar-refractivity contribution in [2.75, 3.05) is 6.54 Å². The van der Waals surface area contributed by atoms with Crippen molar-refractivity contribution >= 4 is 23.4 Å². The van der Waals surface area contributed by atoms with E-state index in [4.69, 9.17) is 21.9 Å². The van der Waals surface area contributed by atoms with Crippen LogP contribution in [0.3, 0.4) is 0 Å². The van der Waals surface area contributed by atoms with Crippen molar-refractivity contribution in [2.24, 2.45) is 11.7 Å². The third kappa shape index (κ3) is 4.51. The monoisotopic (exact) mass is 311 g/mol. The zero-order valence-electron chi connectivity index (χ0n) is 11.4. The van der Waals surface area contributed by atoms with Gasteiger partial charge in [-0.05, 0) is 30.7 Å². The molecule has 1 aromatic carbocycles. The quantitative estimate of drug-likeness (QED) is 0.792. The maximum absolute atomic E-state index is 5.94. The molecule has 20 heavy (non-hydrogen) atoms. The molecule has 0 fully saturated rings. The summed E-state index contributed by atoms with van der Waals surface area (Å²) >= 11 is 7.58. The van der Waals surface area contributed by atoms with Crippen LogP contribution in [-0.4, -0.2) is 16.7 Å². The molecule has 1 atom stereocenters. The zero-order chi connectivity index (χ0) is 14.4. The van der Waals surface area contributed by atoms with Crippen LogP contribution in [0.4, 0.5) is 0 Å². The lowest BCUT2D eigenvalue weighted by atomic mass is 10.0. The summed E-state index contributed by atoms with van der Waals surface area (Å²) in [5, 5.41) is 4.73. The first kappa shape index (κ1) is 15.4. The summed E-state index contributed by atoms with van der Waals surface area (Å²) in [5.41, 5.74) is 5.68. The fourth-order valence-electron chi connectivity index (χ4n) is 1.78. The van der Waals surface area contributed by atoms with Crippen molar-refractivity contribution in [2.45, 2.75) is 30.4 Å². The van der Waals surface area contributed by atoms with Gasteiger partial charge in [0.15, 0.2) is 5.82 Å². The molecule has 6 heteroatoms. The van der Waals surface area contributed by atoms with Gasteiger partial charge in [-0.15, -0.1) is 11.8 Å². The number of hydrogen-bond acceptors (Lipinski definition) is 5. The van der Waals surface area contributed by atoms with E-state index in [9.17, 15) is 0 Å². The van der Waals surface area contributed by atoms with Crippen molar-refractivity contribution in [1.82, 2.24) is 10.1 Å². The molecule has 0 bridgehead atoms. The molecule has 4 nitrogen and oxygen atoms in total. The molecular formula is C14H18ClN3OS. The van der Waals surface area contributed by atoms with E-state index in [2.05, 4.69) is 17.1 Å². The van der Waals surface area contributed by atoms with Gasteiger partial charge in [-0.1, -0.05) is 36.2 Å². The molecule has 1 unspecified atom stereocenters.